The van der Waals surface area contributed by atoms with Crippen molar-refractivity contribution in [1.82, 2.24) is 10.6 Å². The van der Waals surface area contributed by atoms with Crippen LogP contribution in [0.2, 0.25) is 0 Å². The van der Waals surface area contributed by atoms with Crippen molar-refractivity contribution < 1.29 is 28.7 Å². The Morgan fingerprint density at radius 1 is 0.900 bits per heavy atom. The molecule has 2 atom stereocenters. The molecule has 3 saturated heterocycles. The zero-order chi connectivity index (χ0) is 14.9. The summed E-state index contributed by atoms with van der Waals surface area (Å²) in [6, 6.07) is -2.05. The number of piperazine rings is 1. The molecule has 8 heteroatoms. The van der Waals surface area contributed by atoms with Crippen LogP contribution in [0.15, 0.2) is 23.3 Å². The lowest BCUT2D eigenvalue weighted by Gasteiger charge is -2.39. The molecule has 2 bridgehead atoms. The molecule has 2 N–H and O–H groups in total. The number of methoxy groups -OCH3 is 2. The summed E-state index contributed by atoms with van der Waals surface area (Å²) in [7, 11) is 2.37. The lowest BCUT2D eigenvalue weighted by atomic mass is 9.83. The van der Waals surface area contributed by atoms with Gasteiger partial charge in [-0.1, -0.05) is 0 Å². The van der Waals surface area contributed by atoms with Crippen LogP contribution in [0.1, 0.15) is 0 Å². The molecule has 0 radical (unpaired) electrons. The van der Waals surface area contributed by atoms with Crippen LogP contribution in [-0.4, -0.2) is 50.1 Å². The topological polar surface area (TPSA) is 111 Å². The summed E-state index contributed by atoms with van der Waals surface area (Å²) < 4.78 is 9.00. The van der Waals surface area contributed by atoms with Crippen LogP contribution in [0.3, 0.4) is 0 Å². The fourth-order valence-corrected chi connectivity index (χ4v) is 2.06. The molecule has 3 aliphatic heterocycles. The molecule has 106 valence electrons. The number of hydrogen-bond acceptors (Lipinski definition) is 6. The van der Waals surface area contributed by atoms with Gasteiger partial charge in [-0.25, -0.2) is 9.59 Å². The zero-order valence-electron chi connectivity index (χ0n) is 10.8. The Morgan fingerprint density at radius 2 is 1.25 bits per heavy atom. The number of hydrogen-bond donors (Lipinski definition) is 2. The molecule has 2 unspecified atom stereocenters. The summed E-state index contributed by atoms with van der Waals surface area (Å²) in [5, 5.41) is 4.89. The first-order valence-electron chi connectivity index (χ1n) is 5.68. The predicted molar refractivity (Wildman–Crippen MR) is 64.1 cm³/mol. The summed E-state index contributed by atoms with van der Waals surface area (Å²) in [5.41, 5.74) is 0.436. The van der Waals surface area contributed by atoms with E-state index in [-0.39, 0.29) is 11.1 Å². The van der Waals surface area contributed by atoms with Gasteiger partial charge in [-0.3, -0.25) is 9.59 Å². The smallest absolute Gasteiger partial charge is 0.330 e. The zero-order valence-corrected chi connectivity index (χ0v) is 10.8. The van der Waals surface area contributed by atoms with Crippen molar-refractivity contribution in [2.45, 2.75) is 12.1 Å². The minimum Gasteiger partial charge on any atom is -0.466 e. The Labute approximate surface area is 113 Å². The average Bonchev–Trinajstić information content (AvgIpc) is 2.43. The Bertz CT molecular complexity index is 512. The SMILES string of the molecule is COC(=O)/C=C1/C(=C/C(=O)OC)C2NC(=O)C1NC2=O. The number of carbonyl (C=O) groups excluding carboxylic acids is 4. The molecule has 2 amide bonds. The molecule has 0 spiro atoms. The predicted octanol–water partition coefficient (Wildman–Crippen LogP) is -1.82. The number of amides is 2. The van der Waals surface area contributed by atoms with Gasteiger partial charge in [-0.05, 0) is 11.1 Å². The highest BCUT2D eigenvalue weighted by atomic mass is 16.5. The van der Waals surface area contributed by atoms with Gasteiger partial charge in [0.2, 0.25) is 11.8 Å². The Hall–Kier alpha value is -2.64. The molecular formula is C12H12N2O6. The van der Waals surface area contributed by atoms with E-state index in [1.165, 1.54) is 14.2 Å². The van der Waals surface area contributed by atoms with Gasteiger partial charge in [0.05, 0.1) is 14.2 Å². The summed E-state index contributed by atoms with van der Waals surface area (Å²) in [6.07, 6.45) is 2.15. The minimum atomic E-state index is -1.03. The molecule has 3 aliphatic rings. The van der Waals surface area contributed by atoms with Crippen LogP contribution in [-0.2, 0) is 28.7 Å². The molecule has 20 heavy (non-hydrogen) atoms. The van der Waals surface area contributed by atoms with Crippen LogP contribution in [0.4, 0.5) is 0 Å². The van der Waals surface area contributed by atoms with E-state index in [4.69, 9.17) is 0 Å². The second-order valence-electron chi connectivity index (χ2n) is 4.13. The molecule has 0 aromatic heterocycles. The maximum atomic E-state index is 11.7. The standard InChI is InChI=1S/C12H12N2O6/c1-19-7(15)3-5-6(4-8(16)20-2)10-12(18)13-9(5)11(17)14-10/h3-4,9-10H,1-2H3,(H,13,18)(H,14,17)/b5-3-,6-4-. The first kappa shape index (κ1) is 13.8. The van der Waals surface area contributed by atoms with Crippen molar-refractivity contribution in [2.24, 2.45) is 0 Å². The number of nitrogens with one attached hydrogen (secondary N) is 2. The monoisotopic (exact) mass is 280 g/mol. The van der Waals surface area contributed by atoms with Crippen LogP contribution < -0.4 is 10.6 Å². The molecule has 8 nitrogen and oxygen atoms in total. The molecule has 0 saturated carbocycles. The molecule has 0 aliphatic carbocycles. The lowest BCUT2D eigenvalue weighted by molar-refractivity contribution is -0.137. The summed E-state index contributed by atoms with van der Waals surface area (Å²) >= 11 is 0. The molecule has 3 rings (SSSR count). The maximum Gasteiger partial charge on any atom is 0.330 e. The molecule has 3 heterocycles. The second kappa shape index (κ2) is 5.16. The first-order chi connectivity index (χ1) is 9.47. The Kier molecular flexibility index (Phi) is 3.55. The van der Waals surface area contributed by atoms with Crippen molar-refractivity contribution in [3.63, 3.8) is 0 Å². The number of esters is 2. The number of rotatable bonds is 2. The van der Waals surface area contributed by atoms with E-state index in [2.05, 4.69) is 20.1 Å². The fourth-order valence-electron chi connectivity index (χ4n) is 2.06. The summed E-state index contributed by atoms with van der Waals surface area (Å²) in [6.45, 7) is 0. The van der Waals surface area contributed by atoms with E-state index in [0.29, 0.717) is 0 Å². The average molecular weight is 280 g/mol. The van der Waals surface area contributed by atoms with Gasteiger partial charge in [-0.2, -0.15) is 0 Å². The number of piperidine rings is 2. The molecule has 0 aromatic carbocycles. The quantitative estimate of drug-likeness (QED) is 0.455. The van der Waals surface area contributed by atoms with Gasteiger partial charge in [0.15, 0.2) is 0 Å². The van der Waals surface area contributed by atoms with E-state index in [9.17, 15) is 19.2 Å². The van der Waals surface area contributed by atoms with Gasteiger partial charge in [0.25, 0.3) is 0 Å². The van der Waals surface area contributed by atoms with Crippen LogP contribution in [0, 0.1) is 0 Å². The minimum absolute atomic E-state index is 0.218. The number of ether oxygens (including phenoxy) is 2. The number of carbonyl (C=O) groups is 4. The van der Waals surface area contributed by atoms with Crippen LogP contribution in [0.25, 0.3) is 0 Å². The van der Waals surface area contributed by atoms with Gasteiger partial charge < -0.3 is 20.1 Å². The van der Waals surface area contributed by atoms with Gasteiger partial charge in [0.1, 0.15) is 12.1 Å². The lowest BCUT2D eigenvalue weighted by Crippen LogP contribution is -2.68. The summed E-state index contributed by atoms with van der Waals surface area (Å²) in [5.74, 6) is -2.28. The highest BCUT2D eigenvalue weighted by molar-refractivity contribution is 6.07. The third kappa shape index (κ3) is 2.27. The Balaban J connectivity index is 2.49. The van der Waals surface area contributed by atoms with E-state index >= 15 is 0 Å². The highest BCUT2D eigenvalue weighted by Crippen LogP contribution is 2.28. The van der Waals surface area contributed by atoms with Crippen molar-refractivity contribution in [3.8, 4) is 0 Å². The van der Waals surface area contributed by atoms with Crippen molar-refractivity contribution in [2.75, 3.05) is 14.2 Å². The van der Waals surface area contributed by atoms with Crippen LogP contribution >= 0.6 is 0 Å². The van der Waals surface area contributed by atoms with Crippen molar-refractivity contribution in [1.29, 1.82) is 0 Å². The highest BCUT2D eigenvalue weighted by Gasteiger charge is 2.46. The fraction of sp³-hybridized carbons (Fsp3) is 0.333. The Morgan fingerprint density at radius 3 is 1.55 bits per heavy atom. The van der Waals surface area contributed by atoms with E-state index in [0.717, 1.165) is 12.2 Å². The van der Waals surface area contributed by atoms with Gasteiger partial charge in [-0.15, -0.1) is 0 Å². The van der Waals surface area contributed by atoms with Gasteiger partial charge in [0, 0.05) is 12.2 Å². The second-order valence-corrected chi connectivity index (χ2v) is 4.13. The third-order valence-electron chi connectivity index (χ3n) is 3.00. The van der Waals surface area contributed by atoms with Crippen LogP contribution in [0.5, 0.6) is 0 Å². The largest absolute Gasteiger partial charge is 0.466 e. The van der Waals surface area contributed by atoms with Gasteiger partial charge >= 0.3 is 11.9 Å². The summed E-state index contributed by atoms with van der Waals surface area (Å²) in [4.78, 5) is 46.2. The normalized spacial score (nSPS) is 28.1. The third-order valence-corrected chi connectivity index (χ3v) is 3.00. The van der Waals surface area contributed by atoms with E-state index in [1.807, 2.05) is 0 Å². The molecular weight excluding hydrogens is 268 g/mol. The number of fused-ring (bicyclic) bond motifs is 3. The maximum absolute atomic E-state index is 11.7. The molecule has 0 aromatic rings. The van der Waals surface area contributed by atoms with Crippen molar-refractivity contribution >= 4 is 23.8 Å². The first-order valence-corrected chi connectivity index (χ1v) is 5.68. The van der Waals surface area contributed by atoms with Crippen molar-refractivity contribution in [3.05, 3.63) is 23.3 Å². The van der Waals surface area contributed by atoms with E-state index in [1.54, 1.807) is 0 Å². The van der Waals surface area contributed by atoms with E-state index < -0.39 is 35.8 Å². The molecule has 3 fully saturated rings.